The van der Waals surface area contributed by atoms with Crippen LogP contribution >= 0.6 is 11.3 Å². The van der Waals surface area contributed by atoms with Crippen LogP contribution in [0.1, 0.15) is 105 Å². The highest BCUT2D eigenvalue weighted by Gasteiger charge is 2.41. The molecule has 0 aliphatic carbocycles. The number of aryl methyl sites for hydroxylation is 1. The standard InChI is InChI=1S/C34H46N4O5S2/c1-21(2)25-11-9-24(10-12-25)20-35-31(39)29-19-27(37-33-36-23(5)30(44-33)32(40)43-34(6,7)8)17-18-38(29)45(41,42)28-15-13-26(14-16-28)22(3)4/h9-16,21-22,27,29H,17-20H2,1-8H3,(H,35,39)(H,36,37)/t27-,29-/m1/s1. The van der Waals surface area contributed by atoms with Gasteiger partial charge in [-0.15, -0.1) is 0 Å². The summed E-state index contributed by atoms with van der Waals surface area (Å²) >= 11 is 1.20. The largest absolute Gasteiger partial charge is 0.456 e. The maximum absolute atomic E-state index is 13.9. The van der Waals surface area contributed by atoms with Gasteiger partial charge in [-0.1, -0.05) is 75.4 Å². The van der Waals surface area contributed by atoms with Crippen LogP contribution in [0.4, 0.5) is 5.13 Å². The second-order valence-electron chi connectivity index (χ2n) is 13.3. The van der Waals surface area contributed by atoms with Gasteiger partial charge in [0.2, 0.25) is 15.9 Å². The minimum absolute atomic E-state index is 0.149. The lowest BCUT2D eigenvalue weighted by molar-refractivity contribution is -0.126. The van der Waals surface area contributed by atoms with Crippen molar-refractivity contribution in [1.82, 2.24) is 14.6 Å². The van der Waals surface area contributed by atoms with Crippen LogP contribution in [0.25, 0.3) is 0 Å². The number of carbonyl (C=O) groups excluding carboxylic acids is 2. The number of sulfonamides is 1. The summed E-state index contributed by atoms with van der Waals surface area (Å²) in [6.45, 7) is 16.0. The predicted molar refractivity (Wildman–Crippen MR) is 179 cm³/mol. The van der Waals surface area contributed by atoms with Crippen LogP contribution in [0.2, 0.25) is 0 Å². The number of ether oxygens (including phenoxy) is 1. The first kappa shape index (κ1) is 34.6. The second kappa shape index (κ2) is 14.0. The minimum atomic E-state index is -3.95. The lowest BCUT2D eigenvalue weighted by Crippen LogP contribution is -2.55. The Kier molecular flexibility index (Phi) is 10.8. The fraction of sp³-hybridized carbons (Fsp3) is 0.500. The van der Waals surface area contributed by atoms with Crippen LogP contribution in [-0.4, -0.2) is 53.8 Å². The lowest BCUT2D eigenvalue weighted by atomic mass is 9.98. The van der Waals surface area contributed by atoms with Gasteiger partial charge in [0.25, 0.3) is 0 Å². The van der Waals surface area contributed by atoms with Gasteiger partial charge in [0, 0.05) is 19.1 Å². The first-order valence-electron chi connectivity index (χ1n) is 15.5. The van der Waals surface area contributed by atoms with E-state index in [0.717, 1.165) is 11.1 Å². The number of nitrogens with one attached hydrogen (secondary N) is 2. The maximum atomic E-state index is 13.9. The predicted octanol–water partition coefficient (Wildman–Crippen LogP) is 6.60. The van der Waals surface area contributed by atoms with Gasteiger partial charge in [-0.2, -0.15) is 4.31 Å². The summed E-state index contributed by atoms with van der Waals surface area (Å²) in [5.74, 6) is -0.132. The van der Waals surface area contributed by atoms with E-state index in [9.17, 15) is 18.0 Å². The van der Waals surface area contributed by atoms with E-state index >= 15 is 0 Å². The second-order valence-corrected chi connectivity index (χ2v) is 16.2. The fourth-order valence-corrected chi connectivity index (χ4v) is 7.77. The third kappa shape index (κ3) is 8.71. The molecule has 0 radical (unpaired) electrons. The topological polar surface area (TPSA) is 118 Å². The molecule has 2 atom stereocenters. The van der Waals surface area contributed by atoms with Gasteiger partial charge in [0.1, 0.15) is 16.5 Å². The van der Waals surface area contributed by atoms with Gasteiger partial charge in [0.05, 0.1) is 10.6 Å². The van der Waals surface area contributed by atoms with Crippen molar-refractivity contribution in [2.45, 2.75) is 109 Å². The van der Waals surface area contributed by atoms with Gasteiger partial charge in [0.15, 0.2) is 5.13 Å². The number of benzene rings is 2. The quantitative estimate of drug-likeness (QED) is 0.237. The summed E-state index contributed by atoms with van der Waals surface area (Å²) in [6.07, 6.45) is 0.700. The molecular weight excluding hydrogens is 609 g/mol. The normalized spacial score (nSPS) is 17.8. The van der Waals surface area contributed by atoms with Crippen molar-refractivity contribution in [3.63, 3.8) is 0 Å². The van der Waals surface area contributed by atoms with Gasteiger partial charge < -0.3 is 15.4 Å². The fourth-order valence-electron chi connectivity index (χ4n) is 5.23. The van der Waals surface area contributed by atoms with Crippen molar-refractivity contribution in [1.29, 1.82) is 0 Å². The number of amides is 1. The molecule has 0 spiro atoms. The van der Waals surface area contributed by atoms with Gasteiger partial charge in [-0.05, 0) is 81.2 Å². The van der Waals surface area contributed by atoms with Crippen LogP contribution in [0.15, 0.2) is 53.4 Å². The number of nitrogens with zero attached hydrogens (tertiary/aromatic N) is 2. The highest BCUT2D eigenvalue weighted by molar-refractivity contribution is 7.89. The van der Waals surface area contributed by atoms with Crippen LogP contribution in [0.3, 0.4) is 0 Å². The molecule has 9 nitrogen and oxygen atoms in total. The van der Waals surface area contributed by atoms with E-state index in [1.807, 2.05) is 57.2 Å². The van der Waals surface area contributed by atoms with E-state index in [-0.39, 0.29) is 42.3 Å². The molecule has 2 heterocycles. The Morgan fingerprint density at radius 2 is 1.58 bits per heavy atom. The Morgan fingerprint density at radius 1 is 1.00 bits per heavy atom. The third-order valence-electron chi connectivity index (χ3n) is 7.83. The molecule has 1 saturated heterocycles. The van der Waals surface area contributed by atoms with E-state index < -0.39 is 27.6 Å². The van der Waals surface area contributed by atoms with E-state index in [0.29, 0.717) is 28.0 Å². The summed E-state index contributed by atoms with van der Waals surface area (Å²) in [6, 6.07) is 13.8. The highest BCUT2D eigenvalue weighted by atomic mass is 32.2. The van der Waals surface area contributed by atoms with Crippen LogP contribution in [0, 0.1) is 6.92 Å². The number of anilines is 1. The van der Waals surface area contributed by atoms with Gasteiger partial charge in [-0.3, -0.25) is 4.79 Å². The van der Waals surface area contributed by atoms with E-state index in [1.165, 1.54) is 21.2 Å². The molecule has 0 unspecified atom stereocenters. The number of piperidine rings is 1. The molecule has 1 amide bonds. The van der Waals surface area contributed by atoms with E-state index in [1.54, 1.807) is 19.1 Å². The molecule has 3 aromatic rings. The van der Waals surface area contributed by atoms with Crippen LogP contribution < -0.4 is 10.6 Å². The number of hydrogen-bond acceptors (Lipinski definition) is 8. The number of hydrogen-bond donors (Lipinski definition) is 2. The molecule has 45 heavy (non-hydrogen) atoms. The third-order valence-corrected chi connectivity index (χ3v) is 10.8. The number of esters is 1. The smallest absolute Gasteiger partial charge is 0.350 e. The molecule has 1 fully saturated rings. The summed E-state index contributed by atoms with van der Waals surface area (Å²) < 4.78 is 34.7. The number of rotatable bonds is 10. The summed E-state index contributed by atoms with van der Waals surface area (Å²) in [7, 11) is -3.95. The molecule has 4 rings (SSSR count). The summed E-state index contributed by atoms with van der Waals surface area (Å²) in [5, 5.41) is 6.88. The molecule has 2 aromatic carbocycles. The SMILES string of the molecule is Cc1nc(N[C@@H]2CCN(S(=O)(=O)c3ccc(C(C)C)cc3)[C@@H](C(=O)NCc3ccc(C(C)C)cc3)C2)sc1C(=O)OC(C)(C)C. The van der Waals surface area contributed by atoms with Crippen LogP contribution in [0.5, 0.6) is 0 Å². The molecule has 244 valence electrons. The molecule has 11 heteroatoms. The molecule has 1 aromatic heterocycles. The first-order valence-corrected chi connectivity index (χ1v) is 17.8. The lowest BCUT2D eigenvalue weighted by Gasteiger charge is -2.37. The molecule has 0 saturated carbocycles. The highest BCUT2D eigenvalue weighted by Crippen LogP contribution is 2.31. The first-order chi connectivity index (χ1) is 21.0. The zero-order valence-corrected chi connectivity index (χ0v) is 29.1. The molecule has 1 aliphatic rings. The number of thiazole rings is 1. The summed E-state index contributed by atoms with van der Waals surface area (Å²) in [5.41, 5.74) is 3.11. The Bertz CT molecular complexity index is 1590. The minimum Gasteiger partial charge on any atom is -0.456 e. The van der Waals surface area contributed by atoms with Crippen molar-refractivity contribution < 1.29 is 22.7 Å². The van der Waals surface area contributed by atoms with Crippen molar-refractivity contribution >= 4 is 38.4 Å². The Morgan fingerprint density at radius 3 is 2.13 bits per heavy atom. The Hall–Kier alpha value is -3.28. The summed E-state index contributed by atoms with van der Waals surface area (Å²) in [4.78, 5) is 31.6. The van der Waals surface area contributed by atoms with Crippen molar-refractivity contribution in [2.24, 2.45) is 0 Å². The van der Waals surface area contributed by atoms with Gasteiger partial charge >= 0.3 is 5.97 Å². The maximum Gasteiger partial charge on any atom is 0.350 e. The molecule has 0 bridgehead atoms. The van der Waals surface area contributed by atoms with E-state index in [2.05, 4.69) is 43.3 Å². The average molecular weight is 655 g/mol. The number of carbonyl (C=O) groups is 2. The van der Waals surface area contributed by atoms with Crippen molar-refractivity contribution in [3.05, 3.63) is 75.8 Å². The molecular formula is C34H46N4O5S2. The Labute approximate surface area is 271 Å². The average Bonchev–Trinajstić information content (AvgIpc) is 3.34. The van der Waals surface area contributed by atoms with Gasteiger partial charge in [-0.25, -0.2) is 18.2 Å². The zero-order valence-electron chi connectivity index (χ0n) is 27.5. The van der Waals surface area contributed by atoms with Crippen molar-refractivity contribution in [2.75, 3.05) is 11.9 Å². The molecule has 2 N–H and O–H groups in total. The van der Waals surface area contributed by atoms with Crippen LogP contribution in [-0.2, 0) is 26.1 Å². The molecule has 1 aliphatic heterocycles. The zero-order chi connectivity index (χ0) is 33.1. The van der Waals surface area contributed by atoms with E-state index in [4.69, 9.17) is 4.74 Å². The number of aromatic nitrogens is 1. The monoisotopic (exact) mass is 654 g/mol. The van der Waals surface area contributed by atoms with Crippen molar-refractivity contribution in [3.8, 4) is 0 Å². The Balaban J connectivity index is 1.55.